The summed E-state index contributed by atoms with van der Waals surface area (Å²) in [4.78, 5) is 14.5. The molecule has 4 heteroatoms. The maximum atomic E-state index is 12.0. The van der Waals surface area contributed by atoms with E-state index >= 15 is 0 Å². The topological polar surface area (TPSA) is 41.6 Å². The van der Waals surface area contributed by atoms with Gasteiger partial charge in [0.15, 0.2) is 0 Å². The van der Waals surface area contributed by atoms with Crippen molar-refractivity contribution >= 4 is 5.97 Å². The van der Waals surface area contributed by atoms with E-state index in [0.29, 0.717) is 0 Å². The summed E-state index contributed by atoms with van der Waals surface area (Å²) >= 11 is 0. The molecular weight excluding hydrogens is 264 g/mol. The molecule has 0 saturated heterocycles. The number of methoxy groups -OCH3 is 1. The van der Waals surface area contributed by atoms with Gasteiger partial charge in [-0.15, -0.1) is 0 Å². The molecule has 0 radical (unpaired) electrons. The Hall–Kier alpha value is -0.610. The van der Waals surface area contributed by atoms with Crippen molar-refractivity contribution in [1.29, 1.82) is 0 Å². The molecule has 0 heterocycles. The van der Waals surface area contributed by atoms with E-state index in [1.54, 1.807) is 0 Å². The maximum Gasteiger partial charge on any atom is 0.325 e. The van der Waals surface area contributed by atoms with Gasteiger partial charge >= 0.3 is 5.97 Å². The number of esters is 1. The fourth-order valence-corrected chi connectivity index (χ4v) is 2.96. The first kappa shape index (κ1) is 18.4. The van der Waals surface area contributed by atoms with Crippen molar-refractivity contribution < 1.29 is 9.53 Å². The van der Waals surface area contributed by atoms with E-state index in [0.717, 1.165) is 44.8 Å². The van der Waals surface area contributed by atoms with Crippen LogP contribution >= 0.6 is 0 Å². The highest BCUT2D eigenvalue weighted by atomic mass is 16.5. The fourth-order valence-electron chi connectivity index (χ4n) is 2.96. The first-order valence-electron chi connectivity index (χ1n) is 8.61. The molecule has 1 aliphatic carbocycles. The Morgan fingerprint density at radius 1 is 1.38 bits per heavy atom. The number of nitrogens with zero attached hydrogens (tertiary/aromatic N) is 1. The molecule has 0 aromatic carbocycles. The van der Waals surface area contributed by atoms with Gasteiger partial charge in [-0.2, -0.15) is 0 Å². The molecule has 0 spiro atoms. The largest absolute Gasteiger partial charge is 0.468 e. The van der Waals surface area contributed by atoms with Crippen LogP contribution < -0.4 is 5.32 Å². The zero-order valence-corrected chi connectivity index (χ0v) is 14.4. The lowest BCUT2D eigenvalue weighted by atomic mass is 9.85. The van der Waals surface area contributed by atoms with Crippen molar-refractivity contribution in [2.45, 2.75) is 64.8 Å². The van der Waals surface area contributed by atoms with Crippen LogP contribution in [0.15, 0.2) is 0 Å². The number of nitrogens with one attached hydrogen (secondary N) is 1. The molecule has 0 amide bonds. The minimum absolute atomic E-state index is 0.141. The predicted octanol–water partition coefficient (Wildman–Crippen LogP) is 2.82. The second-order valence-electron chi connectivity index (χ2n) is 6.54. The lowest BCUT2D eigenvalue weighted by Gasteiger charge is -2.33. The van der Waals surface area contributed by atoms with Gasteiger partial charge in [0.25, 0.3) is 0 Å². The first-order valence-corrected chi connectivity index (χ1v) is 8.61. The molecule has 0 aromatic rings. The molecule has 1 N–H and O–H groups in total. The summed E-state index contributed by atoms with van der Waals surface area (Å²) in [5.41, 5.74) is -0.541. The molecule has 21 heavy (non-hydrogen) atoms. The molecule has 1 unspecified atom stereocenters. The monoisotopic (exact) mass is 298 g/mol. The average Bonchev–Trinajstić information content (AvgIpc) is 2.45. The van der Waals surface area contributed by atoms with Gasteiger partial charge in [0.2, 0.25) is 0 Å². The van der Waals surface area contributed by atoms with Gasteiger partial charge in [-0.1, -0.05) is 20.3 Å². The van der Waals surface area contributed by atoms with E-state index in [-0.39, 0.29) is 5.97 Å². The van der Waals surface area contributed by atoms with Crippen LogP contribution in [0.2, 0.25) is 0 Å². The van der Waals surface area contributed by atoms with E-state index in [1.807, 2.05) is 6.92 Å². The standard InChI is InChI=1S/C17H34N2O2/c1-5-12-18-17(3,16(20)21-4)11-8-13-19(6-2)14-15-9-7-10-15/h15,18H,5-14H2,1-4H3. The summed E-state index contributed by atoms with van der Waals surface area (Å²) in [5.74, 6) is 0.771. The Labute approximate surface area is 130 Å². The molecule has 1 fully saturated rings. The van der Waals surface area contributed by atoms with Crippen LogP contribution in [0.5, 0.6) is 0 Å². The van der Waals surface area contributed by atoms with Gasteiger partial charge in [-0.25, -0.2) is 0 Å². The summed E-state index contributed by atoms with van der Waals surface area (Å²) in [6, 6.07) is 0. The van der Waals surface area contributed by atoms with Crippen LogP contribution in [0.25, 0.3) is 0 Å². The van der Waals surface area contributed by atoms with Gasteiger partial charge in [-0.3, -0.25) is 4.79 Å². The predicted molar refractivity (Wildman–Crippen MR) is 87.4 cm³/mol. The van der Waals surface area contributed by atoms with E-state index in [4.69, 9.17) is 4.74 Å². The molecule has 1 aliphatic rings. The highest BCUT2D eigenvalue weighted by molar-refractivity contribution is 5.80. The maximum absolute atomic E-state index is 12.0. The molecule has 1 saturated carbocycles. The minimum Gasteiger partial charge on any atom is -0.468 e. The summed E-state index contributed by atoms with van der Waals surface area (Å²) in [7, 11) is 1.48. The van der Waals surface area contributed by atoms with E-state index in [1.165, 1.54) is 32.9 Å². The highest BCUT2D eigenvalue weighted by Gasteiger charge is 2.33. The van der Waals surface area contributed by atoms with Crippen LogP contribution in [0.4, 0.5) is 0 Å². The number of hydrogen-bond donors (Lipinski definition) is 1. The summed E-state index contributed by atoms with van der Waals surface area (Å²) < 4.78 is 4.97. The third-order valence-electron chi connectivity index (χ3n) is 4.74. The molecule has 0 aromatic heterocycles. The Kier molecular flexibility index (Phi) is 8.27. The van der Waals surface area contributed by atoms with Gasteiger partial charge in [0.1, 0.15) is 5.54 Å². The lowest BCUT2D eigenvalue weighted by Crippen LogP contribution is -2.50. The Bertz CT molecular complexity index is 305. The summed E-state index contributed by atoms with van der Waals surface area (Å²) in [5, 5.41) is 3.36. The van der Waals surface area contributed by atoms with Crippen LogP contribution in [0, 0.1) is 5.92 Å². The second kappa shape index (κ2) is 9.42. The van der Waals surface area contributed by atoms with Crippen molar-refractivity contribution in [3.05, 3.63) is 0 Å². The molecule has 0 aliphatic heterocycles. The van der Waals surface area contributed by atoms with Gasteiger partial charge in [0.05, 0.1) is 7.11 Å². The van der Waals surface area contributed by atoms with Crippen molar-refractivity contribution in [1.82, 2.24) is 10.2 Å². The Morgan fingerprint density at radius 2 is 2.10 bits per heavy atom. The van der Waals surface area contributed by atoms with Gasteiger partial charge in [-0.05, 0) is 64.6 Å². The van der Waals surface area contributed by atoms with Crippen LogP contribution in [0.3, 0.4) is 0 Å². The third kappa shape index (κ3) is 5.95. The Balaban J connectivity index is 2.37. The van der Waals surface area contributed by atoms with Gasteiger partial charge in [0, 0.05) is 6.54 Å². The second-order valence-corrected chi connectivity index (χ2v) is 6.54. The smallest absolute Gasteiger partial charge is 0.325 e. The number of carbonyl (C=O) groups is 1. The quantitative estimate of drug-likeness (QED) is 0.596. The molecular formula is C17H34N2O2. The fraction of sp³-hybridized carbons (Fsp3) is 0.941. The zero-order chi connectivity index (χ0) is 15.7. The molecule has 124 valence electrons. The normalized spacial score (nSPS) is 18.3. The van der Waals surface area contributed by atoms with Crippen LogP contribution in [-0.4, -0.2) is 49.7 Å². The molecule has 0 bridgehead atoms. The third-order valence-corrected chi connectivity index (χ3v) is 4.74. The SMILES string of the molecule is CCCNC(C)(CCCN(CC)CC1CCC1)C(=O)OC. The summed E-state index contributed by atoms with van der Waals surface area (Å²) in [6.45, 7) is 10.6. The Morgan fingerprint density at radius 3 is 2.57 bits per heavy atom. The van der Waals surface area contributed by atoms with E-state index in [9.17, 15) is 4.79 Å². The lowest BCUT2D eigenvalue weighted by molar-refractivity contribution is -0.148. The zero-order valence-electron chi connectivity index (χ0n) is 14.4. The number of ether oxygens (including phenoxy) is 1. The van der Waals surface area contributed by atoms with Crippen LogP contribution in [0.1, 0.15) is 59.3 Å². The van der Waals surface area contributed by atoms with E-state index in [2.05, 4.69) is 24.1 Å². The number of hydrogen-bond acceptors (Lipinski definition) is 4. The summed E-state index contributed by atoms with van der Waals surface area (Å²) in [6.07, 6.45) is 7.09. The number of rotatable bonds is 11. The van der Waals surface area contributed by atoms with Crippen molar-refractivity contribution in [2.24, 2.45) is 5.92 Å². The van der Waals surface area contributed by atoms with Gasteiger partial charge < -0.3 is 15.0 Å². The molecule has 1 atom stereocenters. The first-order chi connectivity index (χ1) is 10.1. The average molecular weight is 298 g/mol. The van der Waals surface area contributed by atoms with Crippen molar-refractivity contribution in [3.63, 3.8) is 0 Å². The van der Waals surface area contributed by atoms with Crippen molar-refractivity contribution in [3.8, 4) is 0 Å². The van der Waals surface area contributed by atoms with E-state index < -0.39 is 5.54 Å². The molecule has 1 rings (SSSR count). The van der Waals surface area contributed by atoms with Crippen LogP contribution in [-0.2, 0) is 9.53 Å². The minimum atomic E-state index is -0.541. The highest BCUT2D eigenvalue weighted by Crippen LogP contribution is 2.27. The van der Waals surface area contributed by atoms with Crippen molar-refractivity contribution in [2.75, 3.05) is 33.3 Å². The molecule has 4 nitrogen and oxygen atoms in total. The number of carbonyl (C=O) groups excluding carboxylic acids is 1.